The van der Waals surface area contributed by atoms with Crippen molar-refractivity contribution in [2.45, 2.75) is 26.4 Å². The maximum absolute atomic E-state index is 8.67. The third-order valence-corrected chi connectivity index (χ3v) is 1.98. The first kappa shape index (κ1) is 12.6. The molecule has 0 fully saturated rings. The minimum Gasteiger partial charge on any atom is -0.487 e. The van der Waals surface area contributed by atoms with E-state index in [2.05, 4.69) is 5.16 Å². The minimum atomic E-state index is -0.363. The molecule has 4 nitrogen and oxygen atoms in total. The standard InChI is InChI=1S/C11H15ClN2O2/c1-11(2,3)16-9-5-4-7(12)6-8(9)10(13)14-15/h4-6,15H,1-3H3,(H2,13,14). The monoisotopic (exact) mass is 242 g/mol. The summed E-state index contributed by atoms with van der Waals surface area (Å²) >= 11 is 5.84. The van der Waals surface area contributed by atoms with E-state index in [4.69, 9.17) is 27.3 Å². The Hall–Kier alpha value is -1.42. The van der Waals surface area contributed by atoms with E-state index in [9.17, 15) is 0 Å². The molecule has 1 aromatic carbocycles. The topological polar surface area (TPSA) is 67.8 Å². The fraction of sp³-hybridized carbons (Fsp3) is 0.364. The largest absolute Gasteiger partial charge is 0.487 e. The predicted molar refractivity (Wildman–Crippen MR) is 64.3 cm³/mol. The van der Waals surface area contributed by atoms with Crippen LogP contribution in [0.4, 0.5) is 0 Å². The van der Waals surface area contributed by atoms with Crippen LogP contribution in [0.25, 0.3) is 0 Å². The summed E-state index contributed by atoms with van der Waals surface area (Å²) in [6.07, 6.45) is 0. The first-order chi connectivity index (χ1) is 7.33. The van der Waals surface area contributed by atoms with Crippen LogP contribution < -0.4 is 10.5 Å². The van der Waals surface area contributed by atoms with Crippen molar-refractivity contribution < 1.29 is 9.94 Å². The van der Waals surface area contributed by atoms with E-state index in [0.717, 1.165) is 0 Å². The van der Waals surface area contributed by atoms with Crippen molar-refractivity contribution >= 4 is 17.4 Å². The molecule has 5 heteroatoms. The molecule has 1 rings (SSSR count). The zero-order valence-electron chi connectivity index (χ0n) is 9.49. The quantitative estimate of drug-likeness (QED) is 0.363. The molecule has 88 valence electrons. The summed E-state index contributed by atoms with van der Waals surface area (Å²) in [6, 6.07) is 4.98. The van der Waals surface area contributed by atoms with Crippen LogP contribution in [0.15, 0.2) is 23.4 Å². The van der Waals surface area contributed by atoms with Gasteiger partial charge in [0, 0.05) is 5.02 Å². The van der Waals surface area contributed by atoms with Gasteiger partial charge in [-0.1, -0.05) is 16.8 Å². The van der Waals surface area contributed by atoms with Crippen molar-refractivity contribution in [1.82, 2.24) is 0 Å². The van der Waals surface area contributed by atoms with Gasteiger partial charge in [-0.15, -0.1) is 0 Å². The Kier molecular flexibility index (Phi) is 3.65. The van der Waals surface area contributed by atoms with Gasteiger partial charge >= 0.3 is 0 Å². The smallest absolute Gasteiger partial charge is 0.173 e. The van der Waals surface area contributed by atoms with Crippen LogP contribution in [0.5, 0.6) is 5.75 Å². The number of nitrogens with zero attached hydrogens (tertiary/aromatic N) is 1. The van der Waals surface area contributed by atoms with E-state index >= 15 is 0 Å². The summed E-state index contributed by atoms with van der Waals surface area (Å²) in [4.78, 5) is 0. The van der Waals surface area contributed by atoms with E-state index in [-0.39, 0.29) is 11.4 Å². The maximum Gasteiger partial charge on any atom is 0.173 e. The lowest BCUT2D eigenvalue weighted by Crippen LogP contribution is -2.25. The highest BCUT2D eigenvalue weighted by Gasteiger charge is 2.16. The fourth-order valence-electron chi connectivity index (χ4n) is 1.18. The molecule has 0 heterocycles. The first-order valence-electron chi connectivity index (χ1n) is 4.80. The second-order valence-electron chi connectivity index (χ2n) is 4.34. The van der Waals surface area contributed by atoms with Crippen molar-refractivity contribution in [3.05, 3.63) is 28.8 Å². The number of halogens is 1. The Morgan fingerprint density at radius 3 is 2.56 bits per heavy atom. The van der Waals surface area contributed by atoms with Crippen molar-refractivity contribution in [2.24, 2.45) is 10.9 Å². The molecule has 0 saturated heterocycles. The third-order valence-electron chi connectivity index (χ3n) is 1.74. The van der Waals surface area contributed by atoms with Gasteiger partial charge in [0.2, 0.25) is 0 Å². The van der Waals surface area contributed by atoms with Gasteiger partial charge in [0.15, 0.2) is 5.84 Å². The summed E-state index contributed by atoms with van der Waals surface area (Å²) in [5.41, 5.74) is 5.66. The van der Waals surface area contributed by atoms with Crippen molar-refractivity contribution in [3.63, 3.8) is 0 Å². The molecule has 0 amide bonds. The van der Waals surface area contributed by atoms with Gasteiger partial charge in [0.25, 0.3) is 0 Å². The van der Waals surface area contributed by atoms with E-state index in [1.54, 1.807) is 18.2 Å². The number of nitrogens with two attached hydrogens (primary N) is 1. The SMILES string of the molecule is CC(C)(C)Oc1ccc(Cl)cc1C(N)=NO. The first-order valence-corrected chi connectivity index (χ1v) is 5.18. The summed E-state index contributed by atoms with van der Waals surface area (Å²) in [5, 5.41) is 12.1. The van der Waals surface area contributed by atoms with Crippen LogP contribution in [-0.4, -0.2) is 16.6 Å². The maximum atomic E-state index is 8.67. The third kappa shape index (κ3) is 3.31. The molecule has 0 aliphatic carbocycles. The zero-order valence-corrected chi connectivity index (χ0v) is 10.2. The molecule has 0 atom stereocenters. The highest BCUT2D eigenvalue weighted by Crippen LogP contribution is 2.26. The molecule has 3 N–H and O–H groups in total. The van der Waals surface area contributed by atoms with Crippen LogP contribution in [-0.2, 0) is 0 Å². The lowest BCUT2D eigenvalue weighted by molar-refractivity contribution is 0.130. The molecule has 0 aliphatic heterocycles. The number of oxime groups is 1. The predicted octanol–water partition coefficient (Wildman–Crippen LogP) is 2.61. The molecule has 0 aromatic heterocycles. The molecule has 1 aromatic rings. The fourth-order valence-corrected chi connectivity index (χ4v) is 1.35. The highest BCUT2D eigenvalue weighted by atomic mass is 35.5. The second kappa shape index (κ2) is 4.61. The van der Waals surface area contributed by atoms with E-state index in [1.807, 2.05) is 20.8 Å². The van der Waals surface area contributed by atoms with Crippen LogP contribution in [0.3, 0.4) is 0 Å². The van der Waals surface area contributed by atoms with Gasteiger partial charge in [-0.25, -0.2) is 0 Å². The summed E-state index contributed by atoms with van der Waals surface area (Å²) < 4.78 is 5.68. The van der Waals surface area contributed by atoms with Gasteiger partial charge in [-0.2, -0.15) is 0 Å². The van der Waals surface area contributed by atoms with Crippen molar-refractivity contribution in [1.29, 1.82) is 0 Å². The number of hydrogen-bond acceptors (Lipinski definition) is 3. The molecule has 0 saturated carbocycles. The molecular weight excluding hydrogens is 228 g/mol. The number of ether oxygens (including phenoxy) is 1. The molecule has 0 unspecified atom stereocenters. The Labute approximate surface area is 99.7 Å². The van der Waals surface area contributed by atoms with Gasteiger partial charge in [-0.05, 0) is 39.0 Å². The van der Waals surface area contributed by atoms with E-state index < -0.39 is 0 Å². The second-order valence-corrected chi connectivity index (χ2v) is 4.78. The summed E-state index contributed by atoms with van der Waals surface area (Å²) in [5.74, 6) is 0.508. The van der Waals surface area contributed by atoms with Gasteiger partial charge < -0.3 is 15.7 Å². The Morgan fingerprint density at radius 2 is 2.06 bits per heavy atom. The molecule has 0 radical (unpaired) electrons. The molecule has 0 bridgehead atoms. The Bertz CT molecular complexity index is 411. The summed E-state index contributed by atoms with van der Waals surface area (Å²) in [7, 11) is 0. The number of amidine groups is 1. The molecule has 0 spiro atoms. The number of benzene rings is 1. The Morgan fingerprint density at radius 1 is 1.44 bits per heavy atom. The highest BCUT2D eigenvalue weighted by molar-refractivity contribution is 6.31. The average molecular weight is 243 g/mol. The number of hydrogen-bond donors (Lipinski definition) is 2. The molecule has 16 heavy (non-hydrogen) atoms. The van der Waals surface area contributed by atoms with E-state index in [1.165, 1.54) is 0 Å². The Balaban J connectivity index is 3.18. The van der Waals surface area contributed by atoms with Crippen LogP contribution >= 0.6 is 11.6 Å². The minimum absolute atomic E-state index is 0.0262. The molecule has 0 aliphatic rings. The van der Waals surface area contributed by atoms with Crippen LogP contribution in [0.1, 0.15) is 26.3 Å². The lowest BCUT2D eigenvalue weighted by Gasteiger charge is -2.23. The number of rotatable bonds is 2. The van der Waals surface area contributed by atoms with Crippen molar-refractivity contribution in [3.8, 4) is 5.75 Å². The lowest BCUT2D eigenvalue weighted by atomic mass is 10.1. The van der Waals surface area contributed by atoms with Crippen LogP contribution in [0.2, 0.25) is 5.02 Å². The van der Waals surface area contributed by atoms with Gasteiger partial charge in [0.1, 0.15) is 11.4 Å². The van der Waals surface area contributed by atoms with Crippen molar-refractivity contribution in [2.75, 3.05) is 0 Å². The van der Waals surface area contributed by atoms with Gasteiger partial charge in [-0.3, -0.25) is 0 Å². The van der Waals surface area contributed by atoms with Crippen LogP contribution in [0, 0.1) is 0 Å². The van der Waals surface area contributed by atoms with Gasteiger partial charge in [0.05, 0.1) is 5.56 Å². The molecular formula is C11H15ClN2O2. The van der Waals surface area contributed by atoms with E-state index in [0.29, 0.717) is 16.3 Å². The average Bonchev–Trinajstić information content (AvgIpc) is 2.17. The zero-order chi connectivity index (χ0) is 12.3. The summed E-state index contributed by atoms with van der Waals surface area (Å²) in [6.45, 7) is 5.74. The normalized spacial score (nSPS) is 12.6.